The second kappa shape index (κ2) is 7.83. The Hall–Kier alpha value is -1.04. The Bertz CT molecular complexity index is 450. The molecule has 1 fully saturated rings. The van der Waals surface area contributed by atoms with Crippen LogP contribution in [0.5, 0.6) is 5.75 Å². The van der Waals surface area contributed by atoms with Crippen LogP contribution in [0.1, 0.15) is 44.6 Å². The van der Waals surface area contributed by atoms with Gasteiger partial charge in [0.2, 0.25) is 0 Å². The molecule has 0 saturated heterocycles. The highest BCUT2D eigenvalue weighted by atomic mass is 16.5. The lowest BCUT2D eigenvalue weighted by atomic mass is 9.77. The summed E-state index contributed by atoms with van der Waals surface area (Å²) in [4.78, 5) is 0. The summed E-state index contributed by atoms with van der Waals surface area (Å²) in [6, 6.07) is 5.22. The average molecular weight is 292 g/mol. The molecule has 0 aromatic heterocycles. The van der Waals surface area contributed by atoms with Crippen LogP contribution in [0.2, 0.25) is 0 Å². The number of hydrogen-bond donors (Lipinski definition) is 2. The van der Waals surface area contributed by atoms with Crippen molar-refractivity contribution >= 4 is 12.6 Å². The molecule has 2 rings (SSSR count). The summed E-state index contributed by atoms with van der Waals surface area (Å²) < 4.78 is 11.2. The maximum Gasteiger partial charge on any atom is 0.488 e. The summed E-state index contributed by atoms with van der Waals surface area (Å²) in [6.45, 7) is 2.63. The van der Waals surface area contributed by atoms with Crippen molar-refractivity contribution in [3.05, 3.63) is 23.8 Å². The van der Waals surface area contributed by atoms with Gasteiger partial charge in [-0.2, -0.15) is 0 Å². The Morgan fingerprint density at radius 1 is 1.29 bits per heavy atom. The average Bonchev–Trinajstić information content (AvgIpc) is 2.52. The minimum absolute atomic E-state index is 0.276. The molecule has 5 heteroatoms. The van der Waals surface area contributed by atoms with Crippen molar-refractivity contribution in [1.29, 1.82) is 0 Å². The van der Waals surface area contributed by atoms with Crippen molar-refractivity contribution in [2.24, 2.45) is 5.92 Å². The van der Waals surface area contributed by atoms with Crippen LogP contribution in [0, 0.1) is 5.92 Å². The molecule has 0 heterocycles. The number of rotatable bonds is 6. The molecule has 2 unspecified atom stereocenters. The Kier molecular flexibility index (Phi) is 6.09. The molecule has 21 heavy (non-hydrogen) atoms. The van der Waals surface area contributed by atoms with Gasteiger partial charge in [0, 0.05) is 0 Å². The van der Waals surface area contributed by atoms with Crippen LogP contribution < -0.4 is 10.2 Å². The first kappa shape index (κ1) is 16.3. The molecule has 2 N–H and O–H groups in total. The second-order valence-electron chi connectivity index (χ2n) is 5.81. The SMILES string of the molecule is CCC1CCCC(OCc2cc(OC)ccc2B(O)O)C1. The zero-order valence-corrected chi connectivity index (χ0v) is 12.9. The predicted molar refractivity (Wildman–Crippen MR) is 83.6 cm³/mol. The maximum absolute atomic E-state index is 9.44. The van der Waals surface area contributed by atoms with Crippen LogP contribution in [0.4, 0.5) is 0 Å². The Morgan fingerprint density at radius 3 is 2.76 bits per heavy atom. The summed E-state index contributed by atoms with van der Waals surface area (Å²) in [5, 5.41) is 18.9. The highest BCUT2D eigenvalue weighted by molar-refractivity contribution is 6.59. The molecule has 1 saturated carbocycles. The number of benzene rings is 1. The van der Waals surface area contributed by atoms with E-state index in [-0.39, 0.29) is 6.10 Å². The lowest BCUT2D eigenvalue weighted by molar-refractivity contribution is 0.00196. The highest BCUT2D eigenvalue weighted by Crippen LogP contribution is 2.29. The van der Waals surface area contributed by atoms with Crippen LogP contribution >= 0.6 is 0 Å². The summed E-state index contributed by atoms with van der Waals surface area (Å²) >= 11 is 0. The topological polar surface area (TPSA) is 58.9 Å². The van der Waals surface area contributed by atoms with Gasteiger partial charge in [-0.25, -0.2) is 0 Å². The normalized spacial score (nSPS) is 22.1. The quantitative estimate of drug-likeness (QED) is 0.786. The molecular weight excluding hydrogens is 267 g/mol. The van der Waals surface area contributed by atoms with Crippen LogP contribution in [-0.2, 0) is 11.3 Å². The number of hydrogen-bond acceptors (Lipinski definition) is 4. The lowest BCUT2D eigenvalue weighted by Gasteiger charge is -2.28. The summed E-state index contributed by atoms with van der Waals surface area (Å²) in [5.74, 6) is 1.46. The van der Waals surface area contributed by atoms with Gasteiger partial charge in [-0.15, -0.1) is 0 Å². The molecule has 0 radical (unpaired) electrons. The lowest BCUT2D eigenvalue weighted by Crippen LogP contribution is -2.34. The van der Waals surface area contributed by atoms with Gasteiger partial charge in [0.1, 0.15) is 5.75 Å². The van der Waals surface area contributed by atoms with Crippen LogP contribution in [-0.4, -0.2) is 30.4 Å². The Labute approximate surface area is 127 Å². The first-order chi connectivity index (χ1) is 10.1. The van der Waals surface area contributed by atoms with Crippen LogP contribution in [0.3, 0.4) is 0 Å². The second-order valence-corrected chi connectivity index (χ2v) is 5.81. The molecule has 1 aromatic rings. The smallest absolute Gasteiger partial charge is 0.488 e. The fourth-order valence-electron chi connectivity index (χ4n) is 3.06. The van der Waals surface area contributed by atoms with E-state index in [1.807, 2.05) is 6.07 Å². The van der Waals surface area contributed by atoms with E-state index in [1.165, 1.54) is 19.3 Å². The third-order valence-electron chi connectivity index (χ3n) is 4.41. The van der Waals surface area contributed by atoms with Crippen LogP contribution in [0.15, 0.2) is 18.2 Å². The van der Waals surface area contributed by atoms with E-state index < -0.39 is 7.12 Å². The van der Waals surface area contributed by atoms with Crippen molar-refractivity contribution in [2.45, 2.75) is 51.7 Å². The molecule has 2 atom stereocenters. The third-order valence-corrected chi connectivity index (χ3v) is 4.41. The van der Waals surface area contributed by atoms with E-state index in [9.17, 15) is 10.0 Å². The van der Waals surface area contributed by atoms with E-state index in [2.05, 4.69) is 6.92 Å². The minimum Gasteiger partial charge on any atom is -0.497 e. The van der Waals surface area contributed by atoms with Crippen molar-refractivity contribution < 1.29 is 19.5 Å². The monoisotopic (exact) mass is 292 g/mol. The Balaban J connectivity index is 2.01. The fourth-order valence-corrected chi connectivity index (χ4v) is 3.06. The first-order valence-electron chi connectivity index (χ1n) is 7.78. The van der Waals surface area contributed by atoms with Gasteiger partial charge >= 0.3 is 7.12 Å². The summed E-state index contributed by atoms with van der Waals surface area (Å²) in [5.41, 5.74) is 1.27. The standard InChI is InChI=1S/C16H25BO4/c1-3-12-5-4-6-15(9-12)21-11-13-10-14(20-2)7-8-16(13)17(18)19/h7-8,10,12,15,18-19H,3-6,9,11H2,1-2H3. The molecule has 0 aliphatic heterocycles. The molecule has 116 valence electrons. The van der Waals surface area contributed by atoms with Gasteiger partial charge in [0.05, 0.1) is 19.8 Å². The zero-order chi connectivity index (χ0) is 15.2. The van der Waals surface area contributed by atoms with Crippen molar-refractivity contribution in [2.75, 3.05) is 7.11 Å². The molecule has 1 aliphatic rings. The van der Waals surface area contributed by atoms with Gasteiger partial charge in [0.15, 0.2) is 0 Å². The van der Waals surface area contributed by atoms with E-state index >= 15 is 0 Å². The van der Waals surface area contributed by atoms with Gasteiger partial charge in [0.25, 0.3) is 0 Å². The van der Waals surface area contributed by atoms with E-state index in [0.717, 1.165) is 24.3 Å². The maximum atomic E-state index is 9.44. The van der Waals surface area contributed by atoms with Crippen molar-refractivity contribution in [1.82, 2.24) is 0 Å². The van der Waals surface area contributed by atoms with Crippen molar-refractivity contribution in [3.63, 3.8) is 0 Å². The molecule has 0 bridgehead atoms. The highest BCUT2D eigenvalue weighted by Gasteiger charge is 2.22. The molecule has 1 aliphatic carbocycles. The van der Waals surface area contributed by atoms with Gasteiger partial charge in [-0.1, -0.05) is 32.3 Å². The zero-order valence-electron chi connectivity index (χ0n) is 12.9. The van der Waals surface area contributed by atoms with Gasteiger partial charge in [-0.3, -0.25) is 0 Å². The Morgan fingerprint density at radius 2 is 2.10 bits per heavy atom. The largest absolute Gasteiger partial charge is 0.497 e. The first-order valence-corrected chi connectivity index (χ1v) is 7.78. The van der Waals surface area contributed by atoms with Crippen LogP contribution in [0.25, 0.3) is 0 Å². The summed E-state index contributed by atoms with van der Waals surface area (Å²) in [7, 11) is 0.117. The predicted octanol–water partition coefficient (Wildman–Crippen LogP) is 1.86. The van der Waals surface area contributed by atoms with E-state index in [1.54, 1.807) is 19.2 Å². The molecule has 4 nitrogen and oxygen atoms in total. The molecule has 1 aromatic carbocycles. The van der Waals surface area contributed by atoms with E-state index in [0.29, 0.717) is 17.8 Å². The van der Waals surface area contributed by atoms with Gasteiger partial charge < -0.3 is 19.5 Å². The van der Waals surface area contributed by atoms with E-state index in [4.69, 9.17) is 9.47 Å². The molecule has 0 amide bonds. The minimum atomic E-state index is -1.48. The van der Waals surface area contributed by atoms with Crippen molar-refractivity contribution in [3.8, 4) is 5.75 Å². The third kappa shape index (κ3) is 4.46. The summed E-state index contributed by atoms with van der Waals surface area (Å²) in [6.07, 6.45) is 6.21. The fraction of sp³-hybridized carbons (Fsp3) is 0.625. The van der Waals surface area contributed by atoms with Gasteiger partial charge in [-0.05, 0) is 41.9 Å². The molecular formula is C16H25BO4. The number of methoxy groups -OCH3 is 1. The number of ether oxygens (including phenoxy) is 2. The molecule has 0 spiro atoms.